The second-order valence-electron chi connectivity index (χ2n) is 6.12. The van der Waals surface area contributed by atoms with Crippen molar-refractivity contribution in [3.8, 4) is 6.07 Å². The molecule has 1 aromatic heterocycles. The number of aromatic nitrogens is 1. The van der Waals surface area contributed by atoms with E-state index in [-0.39, 0.29) is 5.91 Å². The third kappa shape index (κ3) is 2.97. The molecule has 1 atom stereocenters. The van der Waals surface area contributed by atoms with Gasteiger partial charge in [0.1, 0.15) is 11.8 Å². The van der Waals surface area contributed by atoms with Crippen LogP contribution in [0.5, 0.6) is 0 Å². The number of rotatable bonds is 2. The topological polar surface area (TPSA) is 66.2 Å². The van der Waals surface area contributed by atoms with Crippen molar-refractivity contribution in [2.75, 3.05) is 19.7 Å². The van der Waals surface area contributed by atoms with Gasteiger partial charge in [-0.25, -0.2) is 4.98 Å². The van der Waals surface area contributed by atoms with Crippen LogP contribution in [0.25, 0.3) is 0 Å². The zero-order valence-corrected chi connectivity index (χ0v) is 12.9. The third-order valence-corrected chi connectivity index (χ3v) is 4.74. The molecule has 2 aliphatic heterocycles. The Morgan fingerprint density at radius 3 is 2.73 bits per heavy atom. The summed E-state index contributed by atoms with van der Waals surface area (Å²) >= 11 is 0. The standard InChI is InChI=1S/C17H21N3O2/c1-12-14(11-18)4-5-15(19-12)17(21)20-8-6-13(7-9-20)16-3-2-10-22-16/h4-5,13,16H,2-3,6-10H2,1H3. The van der Waals surface area contributed by atoms with Crippen molar-refractivity contribution in [2.24, 2.45) is 5.92 Å². The highest BCUT2D eigenvalue weighted by Gasteiger charge is 2.31. The summed E-state index contributed by atoms with van der Waals surface area (Å²) in [7, 11) is 0. The number of carbonyl (C=O) groups is 1. The summed E-state index contributed by atoms with van der Waals surface area (Å²) < 4.78 is 5.77. The molecule has 1 aromatic rings. The van der Waals surface area contributed by atoms with Gasteiger partial charge in [0, 0.05) is 19.7 Å². The van der Waals surface area contributed by atoms with E-state index in [0.29, 0.717) is 29.0 Å². The Bertz CT molecular complexity index is 594. The summed E-state index contributed by atoms with van der Waals surface area (Å²) in [6, 6.07) is 5.40. The number of likely N-dealkylation sites (tertiary alicyclic amines) is 1. The molecule has 0 bridgehead atoms. The molecule has 0 spiro atoms. The maximum Gasteiger partial charge on any atom is 0.272 e. The zero-order chi connectivity index (χ0) is 15.5. The van der Waals surface area contributed by atoms with Crippen molar-refractivity contribution >= 4 is 5.91 Å². The molecule has 0 saturated carbocycles. The van der Waals surface area contributed by atoms with Crippen LogP contribution in [-0.4, -0.2) is 41.6 Å². The fourth-order valence-corrected chi connectivity index (χ4v) is 3.41. The summed E-state index contributed by atoms with van der Waals surface area (Å²) in [5, 5.41) is 8.93. The van der Waals surface area contributed by atoms with E-state index in [1.54, 1.807) is 19.1 Å². The van der Waals surface area contributed by atoms with Crippen molar-refractivity contribution in [3.05, 3.63) is 29.1 Å². The van der Waals surface area contributed by atoms with Crippen LogP contribution in [0.3, 0.4) is 0 Å². The average molecular weight is 299 g/mol. The highest BCUT2D eigenvalue weighted by molar-refractivity contribution is 5.92. The van der Waals surface area contributed by atoms with E-state index in [1.165, 1.54) is 0 Å². The Hall–Kier alpha value is -1.93. The van der Waals surface area contributed by atoms with Crippen LogP contribution in [0.1, 0.15) is 47.4 Å². The zero-order valence-electron chi connectivity index (χ0n) is 12.9. The van der Waals surface area contributed by atoms with Gasteiger partial charge in [-0.3, -0.25) is 4.79 Å². The molecule has 0 aromatic carbocycles. The minimum absolute atomic E-state index is 0.0293. The molecule has 1 unspecified atom stereocenters. The maximum absolute atomic E-state index is 12.5. The predicted molar refractivity (Wildman–Crippen MR) is 81.3 cm³/mol. The number of carbonyl (C=O) groups excluding carboxylic acids is 1. The predicted octanol–water partition coefficient (Wildman–Crippen LogP) is 2.29. The van der Waals surface area contributed by atoms with Crippen LogP contribution in [0.15, 0.2) is 12.1 Å². The van der Waals surface area contributed by atoms with Gasteiger partial charge in [-0.2, -0.15) is 5.26 Å². The Kier molecular flexibility index (Phi) is 4.39. The van der Waals surface area contributed by atoms with Crippen LogP contribution in [0.2, 0.25) is 0 Å². The number of amides is 1. The molecule has 2 aliphatic rings. The second-order valence-corrected chi connectivity index (χ2v) is 6.12. The maximum atomic E-state index is 12.5. The summed E-state index contributed by atoms with van der Waals surface area (Å²) in [5.41, 5.74) is 1.57. The molecular formula is C17H21N3O2. The molecule has 1 amide bonds. The van der Waals surface area contributed by atoms with Crippen LogP contribution in [-0.2, 0) is 4.74 Å². The van der Waals surface area contributed by atoms with Gasteiger partial charge in [-0.15, -0.1) is 0 Å². The molecule has 5 heteroatoms. The Morgan fingerprint density at radius 1 is 1.36 bits per heavy atom. The molecule has 0 radical (unpaired) electrons. The molecule has 116 valence electrons. The normalized spacial score (nSPS) is 22.5. The smallest absolute Gasteiger partial charge is 0.272 e. The van der Waals surface area contributed by atoms with E-state index < -0.39 is 0 Å². The molecule has 22 heavy (non-hydrogen) atoms. The summed E-state index contributed by atoms with van der Waals surface area (Å²) in [4.78, 5) is 18.7. The quantitative estimate of drug-likeness (QED) is 0.840. The number of nitrogens with zero attached hydrogens (tertiary/aromatic N) is 3. The first-order valence-electron chi connectivity index (χ1n) is 7.97. The summed E-state index contributed by atoms with van der Waals surface area (Å²) in [6.45, 7) is 4.19. The first-order valence-corrected chi connectivity index (χ1v) is 7.97. The molecule has 0 N–H and O–H groups in total. The lowest BCUT2D eigenvalue weighted by molar-refractivity contribution is 0.0289. The van der Waals surface area contributed by atoms with Crippen molar-refractivity contribution in [3.63, 3.8) is 0 Å². The summed E-state index contributed by atoms with van der Waals surface area (Å²) in [5.74, 6) is 0.556. The minimum Gasteiger partial charge on any atom is -0.378 e. The lowest BCUT2D eigenvalue weighted by atomic mass is 9.89. The number of aryl methyl sites for hydroxylation is 1. The van der Waals surface area contributed by atoms with Crippen molar-refractivity contribution < 1.29 is 9.53 Å². The van der Waals surface area contributed by atoms with Crippen LogP contribution < -0.4 is 0 Å². The van der Waals surface area contributed by atoms with Gasteiger partial charge in [0.25, 0.3) is 5.91 Å². The van der Waals surface area contributed by atoms with Gasteiger partial charge in [-0.1, -0.05) is 0 Å². The van der Waals surface area contributed by atoms with Crippen molar-refractivity contribution in [1.82, 2.24) is 9.88 Å². The highest BCUT2D eigenvalue weighted by Crippen LogP contribution is 2.29. The van der Waals surface area contributed by atoms with Gasteiger partial charge < -0.3 is 9.64 Å². The van der Waals surface area contributed by atoms with Crippen LogP contribution >= 0.6 is 0 Å². The fourth-order valence-electron chi connectivity index (χ4n) is 3.41. The Labute approximate surface area is 130 Å². The fraction of sp³-hybridized carbons (Fsp3) is 0.588. The van der Waals surface area contributed by atoms with Crippen molar-refractivity contribution in [2.45, 2.75) is 38.7 Å². The van der Waals surface area contributed by atoms with Gasteiger partial charge in [0.2, 0.25) is 0 Å². The molecule has 2 fully saturated rings. The lowest BCUT2D eigenvalue weighted by Gasteiger charge is -2.34. The van der Waals surface area contributed by atoms with Gasteiger partial charge in [-0.05, 0) is 50.7 Å². The van der Waals surface area contributed by atoms with E-state index in [4.69, 9.17) is 10.00 Å². The third-order valence-electron chi connectivity index (χ3n) is 4.74. The highest BCUT2D eigenvalue weighted by atomic mass is 16.5. The molecule has 0 aliphatic carbocycles. The van der Waals surface area contributed by atoms with Gasteiger partial charge in [0.05, 0.1) is 17.4 Å². The molecule has 3 rings (SSSR count). The number of nitriles is 1. The van der Waals surface area contributed by atoms with Crippen LogP contribution in [0.4, 0.5) is 0 Å². The Balaban J connectivity index is 1.62. The first-order chi connectivity index (χ1) is 10.7. The van der Waals surface area contributed by atoms with E-state index in [1.807, 2.05) is 4.90 Å². The van der Waals surface area contributed by atoms with Crippen molar-refractivity contribution in [1.29, 1.82) is 5.26 Å². The van der Waals surface area contributed by atoms with E-state index in [0.717, 1.165) is 45.4 Å². The van der Waals surface area contributed by atoms with Gasteiger partial charge >= 0.3 is 0 Å². The molecule has 2 saturated heterocycles. The van der Waals surface area contributed by atoms with E-state index >= 15 is 0 Å². The minimum atomic E-state index is -0.0293. The number of hydrogen-bond acceptors (Lipinski definition) is 4. The van der Waals surface area contributed by atoms with Crippen LogP contribution in [0, 0.1) is 24.2 Å². The molecule has 3 heterocycles. The van der Waals surface area contributed by atoms with Gasteiger partial charge in [0.15, 0.2) is 0 Å². The largest absolute Gasteiger partial charge is 0.378 e. The van der Waals surface area contributed by atoms with E-state index in [2.05, 4.69) is 11.1 Å². The second kappa shape index (κ2) is 6.45. The monoisotopic (exact) mass is 299 g/mol. The molecule has 5 nitrogen and oxygen atoms in total. The lowest BCUT2D eigenvalue weighted by Crippen LogP contribution is -2.41. The average Bonchev–Trinajstić information content (AvgIpc) is 3.09. The first kappa shape index (κ1) is 15.0. The summed E-state index contributed by atoms with van der Waals surface area (Å²) in [6.07, 6.45) is 4.73. The number of piperidine rings is 1. The molecular weight excluding hydrogens is 278 g/mol. The van der Waals surface area contributed by atoms with E-state index in [9.17, 15) is 4.79 Å². The Morgan fingerprint density at radius 2 is 2.14 bits per heavy atom. The number of pyridine rings is 1. The SMILES string of the molecule is Cc1nc(C(=O)N2CCC(C3CCCO3)CC2)ccc1C#N. The number of hydrogen-bond donors (Lipinski definition) is 0. The number of ether oxygens (including phenoxy) is 1.